The fourth-order valence-electron chi connectivity index (χ4n) is 3.41. The molecule has 0 radical (unpaired) electrons. The Bertz CT molecular complexity index is 889. The van der Waals surface area contributed by atoms with Gasteiger partial charge in [0, 0.05) is 23.7 Å². The molecule has 7 nitrogen and oxygen atoms in total. The van der Waals surface area contributed by atoms with Crippen LogP contribution in [0.15, 0.2) is 42.5 Å². The van der Waals surface area contributed by atoms with E-state index in [1.807, 2.05) is 63.2 Å². The molecule has 7 heteroatoms. The summed E-state index contributed by atoms with van der Waals surface area (Å²) < 4.78 is 22.5. The van der Waals surface area contributed by atoms with Crippen molar-refractivity contribution in [1.82, 2.24) is 9.88 Å². The fraction of sp³-hybridized carbons (Fsp3) is 0.478. The first-order valence-corrected chi connectivity index (χ1v) is 10.3. The van der Waals surface area contributed by atoms with E-state index in [2.05, 4.69) is 4.98 Å². The van der Waals surface area contributed by atoms with E-state index >= 15 is 0 Å². The number of ether oxygens (including phenoxy) is 4. The van der Waals surface area contributed by atoms with Crippen molar-refractivity contribution in [1.29, 1.82) is 0 Å². The first kappa shape index (κ1) is 20.6. The van der Waals surface area contributed by atoms with E-state index in [0.717, 1.165) is 23.2 Å². The second-order valence-corrected chi connectivity index (χ2v) is 8.49. The maximum atomic E-state index is 12.3. The Hall–Kier alpha value is -2.64. The molecule has 0 saturated carbocycles. The van der Waals surface area contributed by atoms with Gasteiger partial charge in [-0.2, -0.15) is 0 Å². The number of pyridine rings is 1. The van der Waals surface area contributed by atoms with Gasteiger partial charge in [0.1, 0.15) is 12.2 Å². The molecule has 1 aromatic heterocycles. The summed E-state index contributed by atoms with van der Waals surface area (Å²) >= 11 is 0. The van der Waals surface area contributed by atoms with Gasteiger partial charge in [-0.15, -0.1) is 0 Å². The lowest BCUT2D eigenvalue weighted by Crippen LogP contribution is -2.55. The summed E-state index contributed by atoms with van der Waals surface area (Å²) in [6.45, 7) is 7.90. The lowest BCUT2D eigenvalue weighted by Gasteiger charge is -2.40. The summed E-state index contributed by atoms with van der Waals surface area (Å²) in [7, 11) is 0. The third kappa shape index (κ3) is 4.91. The predicted octanol–water partition coefficient (Wildman–Crippen LogP) is 4.18. The molecule has 4 rings (SSSR count). The van der Waals surface area contributed by atoms with Crippen molar-refractivity contribution in [2.45, 2.75) is 45.1 Å². The van der Waals surface area contributed by atoms with Crippen LogP contribution in [0.2, 0.25) is 0 Å². The van der Waals surface area contributed by atoms with Gasteiger partial charge in [-0.05, 0) is 39.3 Å². The molecule has 2 saturated heterocycles. The number of hydrogen-bond acceptors (Lipinski definition) is 6. The van der Waals surface area contributed by atoms with Gasteiger partial charge in [0.15, 0.2) is 6.29 Å². The van der Waals surface area contributed by atoms with Gasteiger partial charge in [-0.1, -0.05) is 24.3 Å². The molecule has 160 valence electrons. The molecule has 1 unspecified atom stereocenters. The number of hydrogen-bond donors (Lipinski definition) is 0. The lowest BCUT2D eigenvalue weighted by molar-refractivity contribution is -0.0440. The minimum Gasteiger partial charge on any atom is -0.475 e. The van der Waals surface area contributed by atoms with Gasteiger partial charge in [-0.25, -0.2) is 9.78 Å². The Kier molecular flexibility index (Phi) is 5.92. The van der Waals surface area contributed by atoms with E-state index in [4.69, 9.17) is 18.9 Å². The van der Waals surface area contributed by atoms with Gasteiger partial charge in [0.2, 0.25) is 5.88 Å². The number of benzene rings is 1. The zero-order valence-electron chi connectivity index (χ0n) is 17.7. The highest BCUT2D eigenvalue weighted by atomic mass is 16.7. The minimum atomic E-state index is -0.503. The third-order valence-corrected chi connectivity index (χ3v) is 5.00. The van der Waals surface area contributed by atoms with Crippen LogP contribution in [0.25, 0.3) is 11.3 Å². The van der Waals surface area contributed by atoms with Gasteiger partial charge >= 0.3 is 6.09 Å². The second kappa shape index (κ2) is 8.62. The summed E-state index contributed by atoms with van der Waals surface area (Å²) in [4.78, 5) is 18.6. The Labute approximate surface area is 176 Å². The zero-order chi connectivity index (χ0) is 21.1. The quantitative estimate of drug-likeness (QED) is 0.734. The van der Waals surface area contributed by atoms with Crippen molar-refractivity contribution in [2.75, 3.05) is 26.4 Å². The number of amides is 1. The zero-order valence-corrected chi connectivity index (χ0v) is 17.7. The molecule has 2 aliphatic heterocycles. The largest absolute Gasteiger partial charge is 0.475 e. The van der Waals surface area contributed by atoms with E-state index in [0.29, 0.717) is 32.2 Å². The molecule has 3 heterocycles. The molecule has 0 N–H and O–H groups in total. The molecule has 1 amide bonds. The van der Waals surface area contributed by atoms with Crippen molar-refractivity contribution in [2.24, 2.45) is 0 Å². The average Bonchev–Trinajstić information content (AvgIpc) is 3.21. The fourth-order valence-corrected chi connectivity index (χ4v) is 3.41. The van der Waals surface area contributed by atoms with Crippen LogP contribution in [0, 0.1) is 0 Å². The van der Waals surface area contributed by atoms with Crippen LogP contribution in [0.5, 0.6) is 5.88 Å². The lowest BCUT2D eigenvalue weighted by atomic mass is 10.1. The number of carbonyl (C=O) groups excluding carboxylic acids is 1. The maximum Gasteiger partial charge on any atom is 0.410 e. The average molecular weight is 412 g/mol. The topological polar surface area (TPSA) is 70.1 Å². The normalized spacial score (nSPS) is 19.4. The molecule has 2 aromatic rings. The van der Waals surface area contributed by atoms with Crippen molar-refractivity contribution in [3.8, 4) is 17.1 Å². The van der Waals surface area contributed by atoms with E-state index in [-0.39, 0.29) is 18.4 Å². The van der Waals surface area contributed by atoms with E-state index in [1.165, 1.54) is 0 Å². The SMILES string of the molecule is CC(C)(C)OC(=O)N1CCC1COc1cccc(-c2cccc(C3OCCO3)c2)n1. The number of likely N-dealkylation sites (tertiary alicyclic amines) is 1. The molecule has 0 bridgehead atoms. The van der Waals surface area contributed by atoms with Gasteiger partial charge < -0.3 is 23.8 Å². The Morgan fingerprint density at radius 2 is 1.93 bits per heavy atom. The van der Waals surface area contributed by atoms with Crippen LogP contribution in [0.3, 0.4) is 0 Å². The molecular weight excluding hydrogens is 384 g/mol. The Balaban J connectivity index is 1.38. The third-order valence-electron chi connectivity index (χ3n) is 5.00. The summed E-state index contributed by atoms with van der Waals surface area (Å²) in [5.41, 5.74) is 2.25. The standard InChI is InChI=1S/C23H28N2O5/c1-23(2,3)30-22(26)25-11-10-18(25)15-29-20-9-5-8-19(24-20)16-6-4-7-17(14-16)21-27-12-13-28-21/h4-9,14,18,21H,10-13,15H2,1-3H3. The molecule has 0 aliphatic carbocycles. The summed E-state index contributed by atoms with van der Waals surface area (Å²) in [5.74, 6) is 0.530. The smallest absolute Gasteiger partial charge is 0.410 e. The van der Waals surface area contributed by atoms with Crippen molar-refractivity contribution in [3.05, 3.63) is 48.0 Å². The van der Waals surface area contributed by atoms with Crippen molar-refractivity contribution >= 4 is 6.09 Å². The van der Waals surface area contributed by atoms with Crippen molar-refractivity contribution in [3.63, 3.8) is 0 Å². The van der Waals surface area contributed by atoms with Crippen LogP contribution in [0.1, 0.15) is 39.0 Å². The van der Waals surface area contributed by atoms with E-state index in [9.17, 15) is 4.79 Å². The Morgan fingerprint density at radius 1 is 1.17 bits per heavy atom. The summed E-state index contributed by atoms with van der Waals surface area (Å²) in [6, 6.07) is 13.7. The number of aromatic nitrogens is 1. The summed E-state index contributed by atoms with van der Waals surface area (Å²) in [6.07, 6.45) is 0.279. The molecule has 2 aliphatic rings. The monoisotopic (exact) mass is 412 g/mol. The summed E-state index contributed by atoms with van der Waals surface area (Å²) in [5, 5.41) is 0. The first-order valence-electron chi connectivity index (χ1n) is 10.3. The highest BCUT2D eigenvalue weighted by Gasteiger charge is 2.35. The second-order valence-electron chi connectivity index (χ2n) is 8.49. The van der Waals surface area contributed by atoms with Gasteiger partial charge in [-0.3, -0.25) is 0 Å². The number of nitrogens with zero attached hydrogens (tertiary/aromatic N) is 2. The van der Waals surface area contributed by atoms with E-state index in [1.54, 1.807) is 4.90 Å². The molecule has 1 aromatic carbocycles. The molecular formula is C23H28N2O5. The minimum absolute atomic E-state index is 0.00491. The molecule has 0 spiro atoms. The highest BCUT2D eigenvalue weighted by molar-refractivity contribution is 5.69. The van der Waals surface area contributed by atoms with Gasteiger partial charge in [0.05, 0.1) is 24.9 Å². The maximum absolute atomic E-state index is 12.3. The highest BCUT2D eigenvalue weighted by Crippen LogP contribution is 2.28. The van der Waals surface area contributed by atoms with Crippen LogP contribution in [-0.2, 0) is 14.2 Å². The van der Waals surface area contributed by atoms with Crippen LogP contribution in [-0.4, -0.2) is 54.0 Å². The van der Waals surface area contributed by atoms with Crippen LogP contribution in [0.4, 0.5) is 4.79 Å². The predicted molar refractivity (Wildman–Crippen MR) is 111 cm³/mol. The van der Waals surface area contributed by atoms with E-state index < -0.39 is 5.60 Å². The van der Waals surface area contributed by atoms with Gasteiger partial charge in [0.25, 0.3) is 0 Å². The molecule has 1 atom stereocenters. The molecule has 2 fully saturated rings. The Morgan fingerprint density at radius 3 is 2.63 bits per heavy atom. The molecule has 30 heavy (non-hydrogen) atoms. The van der Waals surface area contributed by atoms with Crippen LogP contribution >= 0.6 is 0 Å². The number of carbonyl (C=O) groups is 1. The number of rotatable bonds is 5. The van der Waals surface area contributed by atoms with Crippen LogP contribution < -0.4 is 4.74 Å². The first-order chi connectivity index (χ1) is 14.4. The van der Waals surface area contributed by atoms with Crippen molar-refractivity contribution < 1.29 is 23.7 Å².